The van der Waals surface area contributed by atoms with Gasteiger partial charge >= 0.3 is 0 Å². The number of hydrogen-bond donors (Lipinski definition) is 1. The van der Waals surface area contributed by atoms with Gasteiger partial charge in [-0.1, -0.05) is 58.7 Å². The zero-order valence-electron chi connectivity index (χ0n) is 17.4. The maximum atomic E-state index is 12.9. The van der Waals surface area contributed by atoms with Crippen molar-refractivity contribution in [3.63, 3.8) is 0 Å². The van der Waals surface area contributed by atoms with Crippen LogP contribution in [0, 0.1) is 13.8 Å². The van der Waals surface area contributed by atoms with E-state index in [2.05, 4.69) is 15.6 Å². The zero-order chi connectivity index (χ0) is 22.7. The van der Waals surface area contributed by atoms with Crippen LogP contribution < -0.4 is 10.1 Å². The van der Waals surface area contributed by atoms with E-state index in [1.54, 1.807) is 23.9 Å². The first-order chi connectivity index (χ1) is 15.4. The number of carbonyl (C=O) groups excluding carboxylic acids is 1. The van der Waals surface area contributed by atoms with Crippen LogP contribution in [0.25, 0.3) is 0 Å². The normalized spacial score (nSPS) is 10.9. The molecule has 32 heavy (non-hydrogen) atoms. The Kier molecular flexibility index (Phi) is 6.48. The Morgan fingerprint density at radius 1 is 1.12 bits per heavy atom. The number of hydrogen-bond acceptors (Lipinski definition) is 5. The fourth-order valence-electron chi connectivity index (χ4n) is 3.13. The molecule has 0 aliphatic carbocycles. The Morgan fingerprint density at radius 3 is 2.72 bits per heavy atom. The predicted molar refractivity (Wildman–Crippen MR) is 122 cm³/mol. The first-order valence-corrected chi connectivity index (χ1v) is 10.6. The maximum Gasteiger partial charge on any atom is 0.279 e. The van der Waals surface area contributed by atoms with Crippen LogP contribution in [0.1, 0.15) is 32.9 Å². The Bertz CT molecular complexity index is 1270. The molecule has 0 radical (unpaired) electrons. The highest BCUT2D eigenvalue weighted by Crippen LogP contribution is 2.24. The van der Waals surface area contributed by atoms with Crippen molar-refractivity contribution in [3.8, 4) is 5.75 Å². The summed E-state index contributed by atoms with van der Waals surface area (Å²) < 4.78 is 12.7. The van der Waals surface area contributed by atoms with E-state index in [0.29, 0.717) is 33.7 Å². The van der Waals surface area contributed by atoms with Crippen LogP contribution in [-0.4, -0.2) is 20.8 Å². The van der Waals surface area contributed by atoms with Crippen LogP contribution >= 0.6 is 23.2 Å². The van der Waals surface area contributed by atoms with Crippen molar-refractivity contribution in [2.24, 2.45) is 0 Å². The monoisotopic (exact) mass is 470 g/mol. The minimum absolute atomic E-state index is 0.117. The van der Waals surface area contributed by atoms with E-state index >= 15 is 0 Å². The Balaban J connectivity index is 1.48. The highest BCUT2D eigenvalue weighted by molar-refractivity contribution is 6.33. The number of ether oxygens (including phenoxy) is 1. The lowest BCUT2D eigenvalue weighted by Gasteiger charge is -2.07. The number of aryl methyl sites for hydroxylation is 2. The molecule has 2 heterocycles. The molecule has 0 fully saturated rings. The van der Waals surface area contributed by atoms with Crippen LogP contribution in [0.5, 0.6) is 5.75 Å². The summed E-state index contributed by atoms with van der Waals surface area (Å²) in [6.45, 7) is 4.25. The standard InChI is InChI=1S/C23H20Cl2N4O3/c1-14-6-5-8-17(10-14)31-13-18-15(2)32-28-21(18)23(30)26-22-20(25)12-29(27-22)11-16-7-3-4-9-19(16)24/h3-10,12H,11,13H2,1-2H3,(H,26,27,30). The van der Waals surface area contributed by atoms with Crippen molar-refractivity contribution >= 4 is 34.9 Å². The van der Waals surface area contributed by atoms with E-state index in [4.69, 9.17) is 32.5 Å². The summed E-state index contributed by atoms with van der Waals surface area (Å²) in [5, 5.41) is 11.9. The summed E-state index contributed by atoms with van der Waals surface area (Å²) in [5.41, 5.74) is 2.63. The summed E-state index contributed by atoms with van der Waals surface area (Å²) in [5.74, 6) is 0.918. The SMILES string of the molecule is Cc1cccc(OCc2c(C(=O)Nc3nn(Cc4ccccc4Cl)cc3Cl)noc2C)c1. The number of nitrogens with one attached hydrogen (secondary N) is 1. The number of amides is 1. The molecule has 2 aromatic heterocycles. The Morgan fingerprint density at radius 2 is 1.94 bits per heavy atom. The lowest BCUT2D eigenvalue weighted by atomic mass is 10.2. The second kappa shape index (κ2) is 9.46. The predicted octanol–water partition coefficient (Wildman–Crippen LogP) is 5.67. The molecular formula is C23H20Cl2N4O3. The molecule has 0 unspecified atom stereocenters. The quantitative estimate of drug-likeness (QED) is 0.375. The molecule has 1 N–H and O–H groups in total. The van der Waals surface area contributed by atoms with Gasteiger partial charge in [0.05, 0.1) is 12.1 Å². The molecule has 4 rings (SSSR count). The van der Waals surface area contributed by atoms with Gasteiger partial charge in [-0.05, 0) is 43.2 Å². The van der Waals surface area contributed by atoms with Gasteiger partial charge in [0, 0.05) is 11.2 Å². The number of halogens is 2. The van der Waals surface area contributed by atoms with E-state index in [0.717, 1.165) is 11.1 Å². The van der Waals surface area contributed by atoms with Gasteiger partial charge in [-0.3, -0.25) is 9.48 Å². The Hall–Kier alpha value is -3.29. The van der Waals surface area contributed by atoms with E-state index in [1.807, 2.05) is 49.4 Å². The molecule has 0 atom stereocenters. The molecule has 0 aliphatic rings. The molecule has 2 aromatic carbocycles. The van der Waals surface area contributed by atoms with Crippen LogP contribution in [0.2, 0.25) is 10.0 Å². The average Bonchev–Trinajstić information content (AvgIpc) is 3.30. The third kappa shape index (κ3) is 4.95. The van der Waals surface area contributed by atoms with Gasteiger partial charge in [0.25, 0.3) is 5.91 Å². The smallest absolute Gasteiger partial charge is 0.279 e. The highest BCUT2D eigenvalue weighted by atomic mass is 35.5. The average molecular weight is 471 g/mol. The van der Waals surface area contributed by atoms with E-state index in [-0.39, 0.29) is 18.1 Å². The number of nitrogens with zero attached hydrogens (tertiary/aromatic N) is 3. The van der Waals surface area contributed by atoms with Crippen LogP contribution in [0.3, 0.4) is 0 Å². The van der Waals surface area contributed by atoms with Crippen molar-refractivity contribution < 1.29 is 14.1 Å². The van der Waals surface area contributed by atoms with Gasteiger partial charge in [-0.15, -0.1) is 0 Å². The first-order valence-electron chi connectivity index (χ1n) is 9.83. The fraction of sp³-hybridized carbons (Fsp3) is 0.174. The van der Waals surface area contributed by atoms with Crippen LogP contribution in [0.15, 0.2) is 59.3 Å². The first kappa shape index (κ1) is 21.9. The molecule has 0 saturated carbocycles. The van der Waals surface area contributed by atoms with Crippen molar-refractivity contribution in [3.05, 3.63) is 92.9 Å². The van der Waals surface area contributed by atoms with E-state index in [1.165, 1.54) is 0 Å². The molecule has 9 heteroatoms. The summed E-state index contributed by atoms with van der Waals surface area (Å²) in [6, 6.07) is 15.1. The van der Waals surface area contributed by atoms with Crippen molar-refractivity contribution in [1.29, 1.82) is 0 Å². The van der Waals surface area contributed by atoms with Gasteiger partial charge < -0.3 is 14.6 Å². The topological polar surface area (TPSA) is 82.2 Å². The van der Waals surface area contributed by atoms with Gasteiger partial charge in [0.2, 0.25) is 0 Å². The molecule has 1 amide bonds. The van der Waals surface area contributed by atoms with E-state index < -0.39 is 5.91 Å². The minimum atomic E-state index is -0.491. The molecular weight excluding hydrogens is 451 g/mol. The van der Waals surface area contributed by atoms with Crippen molar-refractivity contribution in [2.75, 3.05) is 5.32 Å². The second-order valence-corrected chi connectivity index (χ2v) is 8.05. The van der Waals surface area contributed by atoms with Crippen molar-refractivity contribution in [2.45, 2.75) is 27.0 Å². The van der Waals surface area contributed by atoms with Gasteiger partial charge in [-0.25, -0.2) is 0 Å². The van der Waals surface area contributed by atoms with Gasteiger partial charge in [0.15, 0.2) is 11.5 Å². The molecule has 4 aromatic rings. The molecule has 0 spiro atoms. The number of carbonyl (C=O) groups is 1. The van der Waals surface area contributed by atoms with Crippen LogP contribution in [-0.2, 0) is 13.2 Å². The highest BCUT2D eigenvalue weighted by Gasteiger charge is 2.22. The van der Waals surface area contributed by atoms with Gasteiger partial charge in [0.1, 0.15) is 23.1 Å². The number of aromatic nitrogens is 3. The summed E-state index contributed by atoms with van der Waals surface area (Å²) >= 11 is 12.5. The molecule has 7 nitrogen and oxygen atoms in total. The lowest BCUT2D eigenvalue weighted by Crippen LogP contribution is -2.16. The summed E-state index contributed by atoms with van der Waals surface area (Å²) in [4.78, 5) is 12.9. The summed E-state index contributed by atoms with van der Waals surface area (Å²) in [7, 11) is 0. The fourth-order valence-corrected chi connectivity index (χ4v) is 3.52. The minimum Gasteiger partial charge on any atom is -0.489 e. The summed E-state index contributed by atoms with van der Waals surface area (Å²) in [6.07, 6.45) is 1.62. The molecule has 0 saturated heterocycles. The molecule has 0 bridgehead atoms. The Labute approximate surface area is 194 Å². The number of benzene rings is 2. The number of anilines is 1. The maximum absolute atomic E-state index is 12.9. The van der Waals surface area contributed by atoms with Gasteiger partial charge in [-0.2, -0.15) is 5.10 Å². The zero-order valence-corrected chi connectivity index (χ0v) is 18.9. The lowest BCUT2D eigenvalue weighted by molar-refractivity contribution is 0.101. The van der Waals surface area contributed by atoms with E-state index in [9.17, 15) is 4.79 Å². The second-order valence-electron chi connectivity index (χ2n) is 7.24. The largest absolute Gasteiger partial charge is 0.489 e. The molecule has 164 valence electrons. The number of rotatable bonds is 7. The van der Waals surface area contributed by atoms with Crippen molar-refractivity contribution in [1.82, 2.24) is 14.9 Å². The third-order valence-electron chi connectivity index (χ3n) is 4.81. The molecule has 0 aliphatic heterocycles. The van der Waals surface area contributed by atoms with Crippen LogP contribution in [0.4, 0.5) is 5.82 Å². The third-order valence-corrected chi connectivity index (χ3v) is 5.46.